The summed E-state index contributed by atoms with van der Waals surface area (Å²) in [5.74, 6) is -0.372. The van der Waals surface area contributed by atoms with E-state index in [1.807, 2.05) is 45.9 Å². The van der Waals surface area contributed by atoms with Gasteiger partial charge in [0.05, 0.1) is 13.7 Å². The minimum absolute atomic E-state index is 0.184. The number of carbonyl (C=O) groups excluding carboxylic acids is 3. The SMILES string of the molecule is CCCCOC(=O)N1CC=C(c2ccc(C(=O)Nc3ccc(C4=CCN(C(=O)OC(C)(C)C)CC4)c(OC)c3)cc2F)CC1. The average Bonchev–Trinajstić information content (AvgIpc) is 3.00. The number of halogens is 1. The third-order valence-corrected chi connectivity index (χ3v) is 7.43. The topological polar surface area (TPSA) is 97.4 Å². The number of anilines is 1. The van der Waals surface area contributed by atoms with Crippen molar-refractivity contribution in [2.45, 2.75) is 59.0 Å². The Morgan fingerprint density at radius 1 is 0.909 bits per heavy atom. The van der Waals surface area contributed by atoms with Crippen molar-refractivity contribution in [2.75, 3.05) is 45.2 Å². The van der Waals surface area contributed by atoms with Gasteiger partial charge in [-0.2, -0.15) is 0 Å². The van der Waals surface area contributed by atoms with Gasteiger partial charge in [0.1, 0.15) is 17.2 Å². The summed E-state index contributed by atoms with van der Waals surface area (Å²) in [5, 5.41) is 2.82. The smallest absolute Gasteiger partial charge is 0.410 e. The van der Waals surface area contributed by atoms with E-state index in [2.05, 4.69) is 5.32 Å². The molecule has 0 saturated heterocycles. The van der Waals surface area contributed by atoms with E-state index in [9.17, 15) is 14.4 Å². The van der Waals surface area contributed by atoms with E-state index >= 15 is 4.39 Å². The van der Waals surface area contributed by atoms with Crippen LogP contribution in [-0.4, -0.2) is 73.4 Å². The summed E-state index contributed by atoms with van der Waals surface area (Å²) in [5.41, 5.74) is 3.25. The van der Waals surface area contributed by atoms with E-state index in [-0.39, 0.29) is 17.7 Å². The molecule has 0 spiro atoms. The van der Waals surface area contributed by atoms with Crippen molar-refractivity contribution in [1.82, 2.24) is 9.80 Å². The second-order valence-electron chi connectivity index (χ2n) is 11.9. The average molecular weight is 608 g/mol. The Bertz CT molecular complexity index is 1440. The fraction of sp³-hybridized carbons (Fsp3) is 0.441. The molecule has 3 amide bonds. The van der Waals surface area contributed by atoms with Crippen LogP contribution in [0.25, 0.3) is 11.1 Å². The first-order chi connectivity index (χ1) is 21.0. The van der Waals surface area contributed by atoms with Crippen LogP contribution in [0.4, 0.5) is 19.7 Å². The fourth-order valence-electron chi connectivity index (χ4n) is 5.04. The van der Waals surface area contributed by atoms with Gasteiger partial charge in [-0.15, -0.1) is 0 Å². The molecule has 0 atom stereocenters. The molecule has 0 aliphatic carbocycles. The van der Waals surface area contributed by atoms with Gasteiger partial charge in [-0.25, -0.2) is 14.0 Å². The summed E-state index contributed by atoms with van der Waals surface area (Å²) in [4.78, 5) is 40.9. The second-order valence-corrected chi connectivity index (χ2v) is 11.9. The van der Waals surface area contributed by atoms with E-state index in [0.717, 1.165) is 29.6 Å². The van der Waals surface area contributed by atoms with Crippen molar-refractivity contribution in [3.8, 4) is 5.75 Å². The molecule has 2 heterocycles. The van der Waals surface area contributed by atoms with Gasteiger partial charge in [0.15, 0.2) is 0 Å². The highest BCUT2D eigenvalue weighted by molar-refractivity contribution is 6.04. The molecule has 0 saturated carbocycles. The van der Waals surface area contributed by atoms with Gasteiger partial charge < -0.3 is 29.3 Å². The minimum Gasteiger partial charge on any atom is -0.496 e. The monoisotopic (exact) mass is 607 g/mol. The number of rotatable bonds is 8. The number of nitrogens with zero attached hydrogens (tertiary/aromatic N) is 2. The molecule has 0 bridgehead atoms. The molecule has 44 heavy (non-hydrogen) atoms. The molecule has 1 N–H and O–H groups in total. The third-order valence-electron chi connectivity index (χ3n) is 7.43. The number of carbonyl (C=O) groups is 3. The molecule has 2 aliphatic rings. The van der Waals surface area contributed by atoms with E-state index in [1.54, 1.807) is 41.2 Å². The van der Waals surface area contributed by atoms with E-state index < -0.39 is 17.3 Å². The number of ether oxygens (including phenoxy) is 3. The Balaban J connectivity index is 1.38. The first-order valence-electron chi connectivity index (χ1n) is 15.1. The predicted molar refractivity (Wildman–Crippen MR) is 168 cm³/mol. The van der Waals surface area contributed by atoms with Gasteiger partial charge in [0.25, 0.3) is 5.91 Å². The molecule has 236 valence electrons. The quantitative estimate of drug-likeness (QED) is 0.321. The molecule has 2 aromatic rings. The van der Waals surface area contributed by atoms with E-state index in [0.29, 0.717) is 62.6 Å². The third kappa shape index (κ3) is 8.39. The summed E-state index contributed by atoms with van der Waals surface area (Å²) < 4.78 is 31.5. The maximum absolute atomic E-state index is 15.1. The molecule has 10 heteroatoms. The lowest BCUT2D eigenvalue weighted by molar-refractivity contribution is 0.0270. The number of nitrogens with one attached hydrogen (secondary N) is 1. The normalized spacial score (nSPS) is 15.2. The Morgan fingerprint density at radius 3 is 2.11 bits per heavy atom. The Labute approximate surface area is 258 Å². The Hall–Kier alpha value is -4.34. The number of unbranched alkanes of at least 4 members (excludes halogenated alkanes) is 1. The lowest BCUT2D eigenvalue weighted by Gasteiger charge is -2.30. The lowest BCUT2D eigenvalue weighted by atomic mass is 9.97. The molecular formula is C34H42FN3O6. The van der Waals surface area contributed by atoms with Crippen molar-refractivity contribution < 1.29 is 33.0 Å². The van der Waals surface area contributed by atoms with Crippen LogP contribution in [0, 0.1) is 5.82 Å². The second kappa shape index (κ2) is 14.4. The van der Waals surface area contributed by atoms with Gasteiger partial charge >= 0.3 is 12.2 Å². The summed E-state index contributed by atoms with van der Waals surface area (Å²) in [7, 11) is 1.56. The molecule has 0 unspecified atom stereocenters. The minimum atomic E-state index is -0.556. The van der Waals surface area contributed by atoms with Crippen LogP contribution in [0.1, 0.15) is 74.9 Å². The first-order valence-corrected chi connectivity index (χ1v) is 15.1. The van der Waals surface area contributed by atoms with Crippen LogP contribution in [0.15, 0.2) is 48.6 Å². The van der Waals surface area contributed by atoms with Crippen LogP contribution in [0.3, 0.4) is 0 Å². The number of amides is 3. The molecular weight excluding hydrogens is 565 g/mol. The van der Waals surface area contributed by atoms with Crippen LogP contribution in [-0.2, 0) is 9.47 Å². The number of hydrogen-bond acceptors (Lipinski definition) is 6. The van der Waals surface area contributed by atoms with Crippen molar-refractivity contribution in [3.63, 3.8) is 0 Å². The summed E-state index contributed by atoms with van der Waals surface area (Å²) in [6, 6.07) is 9.79. The molecule has 0 radical (unpaired) electrons. The zero-order valence-electron chi connectivity index (χ0n) is 26.2. The fourth-order valence-corrected chi connectivity index (χ4v) is 5.04. The van der Waals surface area contributed by atoms with Crippen molar-refractivity contribution >= 4 is 34.9 Å². The van der Waals surface area contributed by atoms with E-state index in [1.165, 1.54) is 6.07 Å². The zero-order valence-corrected chi connectivity index (χ0v) is 26.2. The molecule has 9 nitrogen and oxygen atoms in total. The Kier molecular flexibility index (Phi) is 10.7. The molecule has 4 rings (SSSR count). The highest BCUT2D eigenvalue weighted by Gasteiger charge is 2.25. The van der Waals surface area contributed by atoms with Crippen LogP contribution in [0.2, 0.25) is 0 Å². The number of hydrogen-bond donors (Lipinski definition) is 1. The standard InChI is InChI=1S/C34H42FN3O6/c1-6-7-20-43-32(40)37-16-12-23(13-17-37)27-10-8-25(21-29(27)35)31(39)36-26-9-11-28(30(22-26)42-5)24-14-18-38(19-15-24)33(41)44-34(2,3)4/h8-12,14,21-22H,6-7,13,15-20H2,1-5H3,(H,36,39). The van der Waals surface area contributed by atoms with Gasteiger partial charge in [-0.1, -0.05) is 31.6 Å². The van der Waals surface area contributed by atoms with E-state index in [4.69, 9.17) is 14.2 Å². The van der Waals surface area contributed by atoms with Crippen LogP contribution >= 0.6 is 0 Å². The van der Waals surface area contributed by atoms with Gasteiger partial charge in [-0.3, -0.25) is 4.79 Å². The van der Waals surface area contributed by atoms with Gasteiger partial charge in [0, 0.05) is 54.6 Å². The predicted octanol–water partition coefficient (Wildman–Crippen LogP) is 7.14. The summed E-state index contributed by atoms with van der Waals surface area (Å²) in [6.45, 7) is 9.67. The first kappa shape index (κ1) is 32.6. The molecule has 0 fully saturated rings. The van der Waals surface area contributed by atoms with Crippen molar-refractivity contribution in [1.29, 1.82) is 0 Å². The van der Waals surface area contributed by atoms with Gasteiger partial charge in [0.2, 0.25) is 0 Å². The molecule has 2 aromatic carbocycles. The Morgan fingerprint density at radius 2 is 1.55 bits per heavy atom. The molecule has 2 aliphatic heterocycles. The summed E-state index contributed by atoms with van der Waals surface area (Å²) in [6.07, 6.45) is 6.00. The largest absolute Gasteiger partial charge is 0.496 e. The summed E-state index contributed by atoms with van der Waals surface area (Å²) >= 11 is 0. The number of benzene rings is 2. The molecule has 0 aromatic heterocycles. The van der Waals surface area contributed by atoms with Crippen molar-refractivity contribution in [3.05, 3.63) is 71.1 Å². The number of methoxy groups -OCH3 is 1. The highest BCUT2D eigenvalue weighted by Crippen LogP contribution is 2.33. The van der Waals surface area contributed by atoms with Crippen LogP contribution < -0.4 is 10.1 Å². The highest BCUT2D eigenvalue weighted by atomic mass is 19.1. The zero-order chi connectivity index (χ0) is 31.9. The van der Waals surface area contributed by atoms with Crippen LogP contribution in [0.5, 0.6) is 5.75 Å². The maximum atomic E-state index is 15.1. The lowest BCUT2D eigenvalue weighted by Crippen LogP contribution is -2.39. The van der Waals surface area contributed by atoms with Crippen molar-refractivity contribution in [2.24, 2.45) is 0 Å². The van der Waals surface area contributed by atoms with Gasteiger partial charge in [-0.05, 0) is 75.4 Å². The maximum Gasteiger partial charge on any atom is 0.410 e.